The highest BCUT2D eigenvalue weighted by atomic mass is 35.5. The first kappa shape index (κ1) is 28.4. The molecule has 0 fully saturated rings. The van der Waals surface area contributed by atoms with Crippen molar-refractivity contribution in [1.29, 1.82) is 0 Å². The van der Waals surface area contributed by atoms with Crippen LogP contribution < -0.4 is 10.5 Å². The summed E-state index contributed by atoms with van der Waals surface area (Å²) in [4.78, 5) is 4.65. The molecule has 0 aliphatic heterocycles. The van der Waals surface area contributed by atoms with E-state index in [0.29, 0.717) is 39.0 Å². The Morgan fingerprint density at radius 1 is 1.15 bits per heavy atom. The molecular weight excluding hydrogens is 548 g/mol. The summed E-state index contributed by atoms with van der Waals surface area (Å²) in [5, 5.41) is 15.0. The fraction of sp³-hybridized carbons (Fsp3) is 0.259. The molecule has 0 radical (unpaired) electrons. The number of nitrogens with one attached hydrogen (secondary N) is 1. The molecule has 0 aliphatic carbocycles. The van der Waals surface area contributed by atoms with Gasteiger partial charge in [0.1, 0.15) is 22.9 Å². The van der Waals surface area contributed by atoms with Gasteiger partial charge in [0.15, 0.2) is 5.82 Å². The Bertz CT molecular complexity index is 1740. The summed E-state index contributed by atoms with van der Waals surface area (Å²) >= 11 is 6.47. The summed E-state index contributed by atoms with van der Waals surface area (Å²) in [6, 6.07) is 9.08. The van der Waals surface area contributed by atoms with Gasteiger partial charge in [-0.2, -0.15) is 5.10 Å². The van der Waals surface area contributed by atoms with Crippen molar-refractivity contribution >= 4 is 38.3 Å². The third-order valence-electron chi connectivity index (χ3n) is 5.66. The standard InChI is InChI=1S/C27H26ClF2N5O3S/c1-27(2,36)10-9-18-5-6-19(24(32-18)22(31)13-15-11-16(29)14-17(30)12-15)20-7-8-21(28)23-25(20)35(3)33-26(23)34-39(4,37)38/h5-8,11-12,14,22,36H,13,31H2,1-4H3,(H,33,34)/t22-/m0/s1. The minimum Gasteiger partial charge on any atom is -0.378 e. The summed E-state index contributed by atoms with van der Waals surface area (Å²) in [6.07, 6.45) is 1.06. The van der Waals surface area contributed by atoms with Crippen LogP contribution in [-0.2, 0) is 23.5 Å². The molecule has 0 spiro atoms. The highest BCUT2D eigenvalue weighted by Crippen LogP contribution is 2.39. The Morgan fingerprint density at radius 3 is 2.41 bits per heavy atom. The van der Waals surface area contributed by atoms with Crippen LogP contribution in [0.4, 0.5) is 14.6 Å². The van der Waals surface area contributed by atoms with Crippen molar-refractivity contribution in [1.82, 2.24) is 14.8 Å². The lowest BCUT2D eigenvalue weighted by atomic mass is 9.94. The van der Waals surface area contributed by atoms with Crippen molar-refractivity contribution in [2.75, 3.05) is 11.0 Å². The summed E-state index contributed by atoms with van der Waals surface area (Å²) < 4.78 is 55.5. The van der Waals surface area contributed by atoms with E-state index in [1.807, 2.05) is 0 Å². The van der Waals surface area contributed by atoms with Gasteiger partial charge in [0.25, 0.3) is 0 Å². The SMILES string of the molecule is Cn1nc(NS(C)(=O)=O)c2c(Cl)ccc(-c3ccc(C#CC(C)(C)O)nc3[C@@H](N)Cc3cc(F)cc(F)c3)c21. The Balaban J connectivity index is 1.93. The van der Waals surface area contributed by atoms with E-state index in [0.717, 1.165) is 12.3 Å². The maximum atomic E-state index is 13.9. The molecule has 204 valence electrons. The van der Waals surface area contributed by atoms with Crippen molar-refractivity contribution in [2.45, 2.75) is 31.9 Å². The van der Waals surface area contributed by atoms with Gasteiger partial charge in [-0.3, -0.25) is 9.40 Å². The van der Waals surface area contributed by atoms with Crippen LogP contribution in [0.1, 0.15) is 36.8 Å². The molecular formula is C27H26ClF2N5O3S. The molecule has 12 heteroatoms. The number of fused-ring (bicyclic) bond motifs is 1. The first-order valence-electron chi connectivity index (χ1n) is 11.7. The number of anilines is 1. The summed E-state index contributed by atoms with van der Waals surface area (Å²) in [5.41, 5.74) is 8.00. The molecule has 1 atom stereocenters. The minimum absolute atomic E-state index is 0.0556. The van der Waals surface area contributed by atoms with E-state index < -0.39 is 33.3 Å². The zero-order valence-electron chi connectivity index (χ0n) is 21.6. The lowest BCUT2D eigenvalue weighted by molar-refractivity contribution is 0.143. The average molecular weight is 574 g/mol. The molecule has 2 heterocycles. The second-order valence-corrected chi connectivity index (χ2v) is 11.8. The molecule has 0 amide bonds. The second-order valence-electron chi connectivity index (χ2n) is 9.69. The van der Waals surface area contributed by atoms with E-state index in [9.17, 15) is 22.3 Å². The quantitative estimate of drug-likeness (QED) is 0.296. The van der Waals surface area contributed by atoms with Crippen LogP contribution >= 0.6 is 11.6 Å². The Labute approximate surface area is 229 Å². The van der Waals surface area contributed by atoms with Gasteiger partial charge in [0.05, 0.1) is 33.9 Å². The number of nitrogens with zero attached hydrogens (tertiary/aromatic N) is 3. The number of pyridine rings is 1. The first-order valence-corrected chi connectivity index (χ1v) is 14.0. The Hall–Kier alpha value is -3.56. The molecule has 4 aromatic rings. The highest BCUT2D eigenvalue weighted by molar-refractivity contribution is 7.92. The van der Waals surface area contributed by atoms with Gasteiger partial charge < -0.3 is 10.8 Å². The van der Waals surface area contributed by atoms with Crippen molar-refractivity contribution in [3.05, 3.63) is 76.1 Å². The highest BCUT2D eigenvalue weighted by Gasteiger charge is 2.23. The number of aromatic nitrogens is 3. The molecule has 0 bridgehead atoms. The van der Waals surface area contributed by atoms with Crippen LogP contribution in [0.5, 0.6) is 0 Å². The van der Waals surface area contributed by atoms with Gasteiger partial charge in [-0.15, -0.1) is 0 Å². The van der Waals surface area contributed by atoms with E-state index in [1.54, 1.807) is 31.3 Å². The predicted octanol–water partition coefficient (Wildman–Crippen LogP) is 4.30. The number of sulfonamides is 1. The van der Waals surface area contributed by atoms with Crippen molar-refractivity contribution in [3.63, 3.8) is 0 Å². The number of halogens is 3. The smallest absolute Gasteiger partial charge is 0.231 e. The number of aryl methyl sites for hydroxylation is 1. The average Bonchev–Trinajstić information content (AvgIpc) is 3.12. The fourth-order valence-corrected chi connectivity index (χ4v) is 4.93. The maximum Gasteiger partial charge on any atom is 0.231 e. The molecule has 2 aromatic heterocycles. The summed E-state index contributed by atoms with van der Waals surface area (Å²) in [5.74, 6) is 4.14. The van der Waals surface area contributed by atoms with E-state index in [4.69, 9.17) is 17.3 Å². The largest absolute Gasteiger partial charge is 0.378 e. The molecule has 0 saturated carbocycles. The third-order valence-corrected chi connectivity index (χ3v) is 6.54. The first-order chi connectivity index (χ1) is 18.1. The van der Waals surface area contributed by atoms with Crippen molar-refractivity contribution < 1.29 is 22.3 Å². The fourth-order valence-electron chi connectivity index (χ4n) is 4.19. The van der Waals surface area contributed by atoms with Crippen LogP contribution in [0.2, 0.25) is 5.02 Å². The summed E-state index contributed by atoms with van der Waals surface area (Å²) in [7, 11) is -2.01. The van der Waals surface area contributed by atoms with Crippen LogP contribution in [0.15, 0.2) is 42.5 Å². The number of hydrogen-bond donors (Lipinski definition) is 3. The van der Waals surface area contributed by atoms with E-state index >= 15 is 0 Å². The van der Waals surface area contributed by atoms with Gasteiger partial charge in [0, 0.05) is 24.2 Å². The van der Waals surface area contributed by atoms with Gasteiger partial charge in [0.2, 0.25) is 10.0 Å². The van der Waals surface area contributed by atoms with Gasteiger partial charge >= 0.3 is 0 Å². The zero-order valence-corrected chi connectivity index (χ0v) is 23.1. The lowest BCUT2D eigenvalue weighted by Crippen LogP contribution is -2.17. The van der Waals surface area contributed by atoms with Gasteiger partial charge in [-0.05, 0) is 62.1 Å². The van der Waals surface area contributed by atoms with Crippen LogP contribution in [0.25, 0.3) is 22.0 Å². The second kappa shape index (κ2) is 10.5. The van der Waals surface area contributed by atoms with Crippen LogP contribution in [0.3, 0.4) is 0 Å². The molecule has 4 N–H and O–H groups in total. The molecule has 0 unspecified atom stereocenters. The molecule has 8 nitrogen and oxygen atoms in total. The predicted molar refractivity (Wildman–Crippen MR) is 148 cm³/mol. The van der Waals surface area contributed by atoms with Crippen molar-refractivity contribution in [2.24, 2.45) is 12.8 Å². The molecule has 4 rings (SSSR count). The van der Waals surface area contributed by atoms with E-state index in [2.05, 4.69) is 26.6 Å². The molecule has 39 heavy (non-hydrogen) atoms. The summed E-state index contributed by atoms with van der Waals surface area (Å²) in [6.45, 7) is 3.07. The van der Waals surface area contributed by atoms with Crippen LogP contribution in [-0.4, -0.2) is 40.1 Å². The van der Waals surface area contributed by atoms with Gasteiger partial charge in [-0.1, -0.05) is 23.6 Å². The minimum atomic E-state index is -3.65. The van der Waals surface area contributed by atoms with Gasteiger partial charge in [-0.25, -0.2) is 22.2 Å². The number of nitrogens with two attached hydrogens (primary N) is 1. The lowest BCUT2D eigenvalue weighted by Gasteiger charge is -2.18. The van der Waals surface area contributed by atoms with E-state index in [-0.39, 0.29) is 17.3 Å². The third kappa shape index (κ3) is 6.72. The normalized spacial score (nSPS) is 12.7. The number of aliphatic hydroxyl groups is 1. The monoisotopic (exact) mass is 573 g/mol. The molecule has 0 aliphatic rings. The number of hydrogen-bond acceptors (Lipinski definition) is 6. The van der Waals surface area contributed by atoms with E-state index in [1.165, 1.54) is 30.7 Å². The van der Waals surface area contributed by atoms with Crippen LogP contribution in [0, 0.1) is 23.5 Å². The Morgan fingerprint density at radius 2 is 1.79 bits per heavy atom. The number of benzene rings is 2. The topological polar surface area (TPSA) is 123 Å². The molecule has 2 aromatic carbocycles. The Kier molecular flexibility index (Phi) is 7.69. The zero-order chi connectivity index (χ0) is 28.7. The maximum absolute atomic E-state index is 13.9. The number of rotatable bonds is 6. The van der Waals surface area contributed by atoms with Crippen molar-refractivity contribution in [3.8, 4) is 23.0 Å². The molecule has 0 saturated heterocycles.